The number of hydrogen-bond acceptors (Lipinski definition) is 2. The van der Waals surface area contributed by atoms with E-state index in [1.165, 1.54) is 11.1 Å². The molecule has 0 radical (unpaired) electrons. The van der Waals surface area contributed by atoms with Crippen molar-refractivity contribution in [1.29, 1.82) is 0 Å². The lowest BCUT2D eigenvalue weighted by Gasteiger charge is -2.06. The number of nitrogens with one attached hydrogen (secondary N) is 1. The maximum absolute atomic E-state index is 11.7. The minimum atomic E-state index is -0.227. The SMILES string of the molecule is NNC(=O)c1cccc2c1Cc1ccccc1-2. The average molecular weight is 224 g/mol. The van der Waals surface area contributed by atoms with Gasteiger partial charge in [-0.3, -0.25) is 10.2 Å². The molecule has 0 aliphatic heterocycles. The number of amides is 1. The van der Waals surface area contributed by atoms with E-state index in [0.29, 0.717) is 5.56 Å². The monoisotopic (exact) mass is 224 g/mol. The molecule has 2 aromatic rings. The smallest absolute Gasteiger partial charge is 0.265 e. The van der Waals surface area contributed by atoms with Crippen LogP contribution in [0.5, 0.6) is 0 Å². The second-order valence-electron chi connectivity index (χ2n) is 4.14. The van der Waals surface area contributed by atoms with Crippen molar-refractivity contribution in [3.8, 4) is 11.1 Å². The van der Waals surface area contributed by atoms with Crippen LogP contribution in [0.15, 0.2) is 42.5 Å². The Hall–Kier alpha value is -2.13. The van der Waals surface area contributed by atoms with Crippen LogP contribution in [-0.4, -0.2) is 5.91 Å². The lowest BCUT2D eigenvalue weighted by atomic mass is 10.0. The van der Waals surface area contributed by atoms with E-state index in [2.05, 4.69) is 23.6 Å². The predicted octanol–water partition coefficient (Wildman–Crippen LogP) is 1.86. The number of fused-ring (bicyclic) bond motifs is 3. The summed E-state index contributed by atoms with van der Waals surface area (Å²) in [7, 11) is 0. The Labute approximate surface area is 99.2 Å². The Morgan fingerprint density at radius 2 is 1.82 bits per heavy atom. The van der Waals surface area contributed by atoms with Gasteiger partial charge in [-0.25, -0.2) is 5.84 Å². The van der Waals surface area contributed by atoms with Gasteiger partial charge in [-0.05, 0) is 34.7 Å². The Morgan fingerprint density at radius 3 is 2.65 bits per heavy atom. The molecule has 0 fully saturated rings. The van der Waals surface area contributed by atoms with Crippen LogP contribution in [0.4, 0.5) is 0 Å². The fourth-order valence-corrected chi connectivity index (χ4v) is 2.45. The Kier molecular flexibility index (Phi) is 2.20. The van der Waals surface area contributed by atoms with Crippen LogP contribution in [0.3, 0.4) is 0 Å². The van der Waals surface area contributed by atoms with E-state index in [4.69, 9.17) is 5.84 Å². The number of hydrogen-bond donors (Lipinski definition) is 2. The number of nitrogens with two attached hydrogens (primary N) is 1. The number of hydrazine groups is 1. The minimum Gasteiger partial charge on any atom is -0.290 e. The van der Waals surface area contributed by atoms with E-state index < -0.39 is 0 Å². The molecule has 0 atom stereocenters. The molecule has 3 N–H and O–H groups in total. The lowest BCUT2D eigenvalue weighted by molar-refractivity contribution is 0.0953. The van der Waals surface area contributed by atoms with Crippen LogP contribution in [0, 0.1) is 0 Å². The van der Waals surface area contributed by atoms with Crippen molar-refractivity contribution in [2.45, 2.75) is 6.42 Å². The van der Waals surface area contributed by atoms with E-state index >= 15 is 0 Å². The third-order valence-corrected chi connectivity index (χ3v) is 3.23. The van der Waals surface area contributed by atoms with Gasteiger partial charge in [0.05, 0.1) is 0 Å². The van der Waals surface area contributed by atoms with Gasteiger partial charge in [0.1, 0.15) is 0 Å². The highest BCUT2D eigenvalue weighted by Gasteiger charge is 2.22. The van der Waals surface area contributed by atoms with Crippen molar-refractivity contribution < 1.29 is 4.79 Å². The zero-order valence-corrected chi connectivity index (χ0v) is 9.23. The molecule has 0 bridgehead atoms. The highest BCUT2D eigenvalue weighted by Crippen LogP contribution is 2.37. The number of carbonyl (C=O) groups is 1. The van der Waals surface area contributed by atoms with Crippen molar-refractivity contribution in [2.24, 2.45) is 5.84 Å². The number of benzene rings is 2. The van der Waals surface area contributed by atoms with Gasteiger partial charge in [-0.15, -0.1) is 0 Å². The van der Waals surface area contributed by atoms with Gasteiger partial charge in [-0.2, -0.15) is 0 Å². The molecule has 0 heterocycles. The fourth-order valence-electron chi connectivity index (χ4n) is 2.45. The van der Waals surface area contributed by atoms with E-state index in [1.54, 1.807) is 0 Å². The molecule has 84 valence electrons. The zero-order valence-electron chi connectivity index (χ0n) is 9.23. The van der Waals surface area contributed by atoms with Gasteiger partial charge in [0.25, 0.3) is 5.91 Å². The second kappa shape index (κ2) is 3.71. The predicted molar refractivity (Wildman–Crippen MR) is 66.3 cm³/mol. The average Bonchev–Trinajstić information content (AvgIpc) is 2.76. The summed E-state index contributed by atoms with van der Waals surface area (Å²) in [6.07, 6.45) is 0.801. The van der Waals surface area contributed by atoms with Crippen molar-refractivity contribution in [1.82, 2.24) is 5.43 Å². The van der Waals surface area contributed by atoms with Crippen LogP contribution < -0.4 is 11.3 Å². The molecule has 1 aliphatic rings. The van der Waals surface area contributed by atoms with E-state index in [0.717, 1.165) is 17.5 Å². The summed E-state index contributed by atoms with van der Waals surface area (Å²) in [5.74, 6) is 4.98. The van der Waals surface area contributed by atoms with Gasteiger partial charge in [0.2, 0.25) is 0 Å². The summed E-state index contributed by atoms with van der Waals surface area (Å²) in [5.41, 5.74) is 7.55. The molecule has 0 aromatic heterocycles. The van der Waals surface area contributed by atoms with Gasteiger partial charge in [0.15, 0.2) is 0 Å². The van der Waals surface area contributed by atoms with Crippen molar-refractivity contribution >= 4 is 5.91 Å². The summed E-state index contributed by atoms with van der Waals surface area (Å²) in [6, 6.07) is 14.0. The molecule has 0 saturated carbocycles. The van der Waals surface area contributed by atoms with Gasteiger partial charge >= 0.3 is 0 Å². The van der Waals surface area contributed by atoms with Crippen LogP contribution in [0.1, 0.15) is 21.5 Å². The molecular weight excluding hydrogens is 212 g/mol. The summed E-state index contributed by atoms with van der Waals surface area (Å²) in [4.78, 5) is 11.7. The first-order valence-electron chi connectivity index (χ1n) is 5.52. The largest absolute Gasteiger partial charge is 0.290 e. The van der Waals surface area contributed by atoms with E-state index in [-0.39, 0.29) is 5.91 Å². The molecule has 0 saturated heterocycles. The van der Waals surface area contributed by atoms with Crippen LogP contribution in [0.25, 0.3) is 11.1 Å². The van der Waals surface area contributed by atoms with Gasteiger partial charge < -0.3 is 0 Å². The van der Waals surface area contributed by atoms with Crippen molar-refractivity contribution in [3.05, 3.63) is 59.2 Å². The van der Waals surface area contributed by atoms with E-state index in [9.17, 15) is 4.79 Å². The highest BCUT2D eigenvalue weighted by molar-refractivity contribution is 5.98. The van der Waals surface area contributed by atoms with E-state index in [1.807, 2.05) is 24.3 Å². The quantitative estimate of drug-likeness (QED) is 0.376. The summed E-state index contributed by atoms with van der Waals surface area (Å²) >= 11 is 0. The lowest BCUT2D eigenvalue weighted by Crippen LogP contribution is -2.30. The molecule has 0 unspecified atom stereocenters. The summed E-state index contributed by atoms with van der Waals surface area (Å²) in [5, 5.41) is 0. The van der Waals surface area contributed by atoms with Crippen LogP contribution >= 0.6 is 0 Å². The number of nitrogen functional groups attached to an aromatic ring is 1. The zero-order chi connectivity index (χ0) is 11.8. The first kappa shape index (κ1) is 10.1. The van der Waals surface area contributed by atoms with Gasteiger partial charge in [0, 0.05) is 5.56 Å². The van der Waals surface area contributed by atoms with Crippen LogP contribution in [-0.2, 0) is 6.42 Å². The van der Waals surface area contributed by atoms with Crippen LogP contribution in [0.2, 0.25) is 0 Å². The van der Waals surface area contributed by atoms with Crippen molar-refractivity contribution in [2.75, 3.05) is 0 Å². The number of carbonyl (C=O) groups excluding carboxylic acids is 1. The molecule has 3 heteroatoms. The maximum Gasteiger partial charge on any atom is 0.265 e. The molecule has 3 nitrogen and oxygen atoms in total. The molecule has 1 aliphatic carbocycles. The molecule has 3 rings (SSSR count). The topological polar surface area (TPSA) is 55.1 Å². The third kappa shape index (κ3) is 1.44. The molecule has 2 aromatic carbocycles. The molecular formula is C14H12N2O. The first-order valence-corrected chi connectivity index (χ1v) is 5.52. The highest BCUT2D eigenvalue weighted by atomic mass is 16.2. The second-order valence-corrected chi connectivity index (χ2v) is 4.14. The Morgan fingerprint density at radius 1 is 1.06 bits per heavy atom. The fraction of sp³-hybridized carbons (Fsp3) is 0.0714. The normalized spacial score (nSPS) is 11.8. The summed E-state index contributed by atoms with van der Waals surface area (Å²) < 4.78 is 0. The Bertz CT molecular complexity index is 605. The standard InChI is InChI=1S/C14H12N2O/c15-16-14(17)12-7-3-6-11-10-5-2-1-4-9(10)8-13(11)12/h1-7H,8,15H2,(H,16,17). The Balaban J connectivity index is 2.20. The summed E-state index contributed by atoms with van der Waals surface area (Å²) in [6.45, 7) is 0. The number of rotatable bonds is 1. The first-order chi connectivity index (χ1) is 8.31. The van der Waals surface area contributed by atoms with Crippen molar-refractivity contribution in [3.63, 3.8) is 0 Å². The minimum absolute atomic E-state index is 0.227. The molecule has 0 spiro atoms. The molecule has 17 heavy (non-hydrogen) atoms. The third-order valence-electron chi connectivity index (χ3n) is 3.23. The molecule has 1 amide bonds. The maximum atomic E-state index is 11.7. The van der Waals surface area contributed by atoms with Gasteiger partial charge in [-0.1, -0.05) is 36.4 Å².